The first kappa shape index (κ1) is 14.5. The highest BCUT2D eigenvalue weighted by atomic mass is 32.3. The van der Waals surface area contributed by atoms with Crippen LogP contribution in [0, 0.1) is 0 Å². The maximum atomic E-state index is 11.4. The van der Waals surface area contributed by atoms with E-state index in [1.165, 1.54) is 0 Å². The standard InChI is InChI=1S/C6H9NO6S4/c1-15(8,9)4-5(16(2,10)11)14-6(7-4)17(3,12)13/h1-3H3. The summed E-state index contributed by atoms with van der Waals surface area (Å²) in [5.41, 5.74) is 0. The van der Waals surface area contributed by atoms with Crippen molar-refractivity contribution in [3.63, 3.8) is 0 Å². The number of aromatic nitrogens is 1. The van der Waals surface area contributed by atoms with Gasteiger partial charge in [0.1, 0.15) is 0 Å². The van der Waals surface area contributed by atoms with Gasteiger partial charge in [0.05, 0.1) is 0 Å². The molecule has 0 atom stereocenters. The van der Waals surface area contributed by atoms with Crippen molar-refractivity contribution in [3.05, 3.63) is 0 Å². The van der Waals surface area contributed by atoms with Crippen LogP contribution in [-0.4, -0.2) is 49.0 Å². The number of thiazole rings is 1. The average molecular weight is 319 g/mol. The third-order valence-corrected chi connectivity index (χ3v) is 7.36. The van der Waals surface area contributed by atoms with Gasteiger partial charge in [-0.3, -0.25) is 0 Å². The molecule has 1 heterocycles. The monoisotopic (exact) mass is 319 g/mol. The molecule has 1 aromatic rings. The van der Waals surface area contributed by atoms with Gasteiger partial charge in [0.25, 0.3) is 0 Å². The van der Waals surface area contributed by atoms with Crippen molar-refractivity contribution < 1.29 is 25.3 Å². The van der Waals surface area contributed by atoms with Crippen LogP contribution in [0.1, 0.15) is 0 Å². The third-order valence-electron chi connectivity index (χ3n) is 1.55. The zero-order valence-electron chi connectivity index (χ0n) is 9.03. The lowest BCUT2D eigenvalue weighted by Crippen LogP contribution is -2.05. The first-order valence-corrected chi connectivity index (χ1v) is 10.4. The second-order valence-electron chi connectivity index (χ2n) is 3.39. The molecule has 1 aromatic heterocycles. The van der Waals surface area contributed by atoms with E-state index in [-0.39, 0.29) is 0 Å². The lowest BCUT2D eigenvalue weighted by molar-refractivity contribution is 0.585. The lowest BCUT2D eigenvalue weighted by Gasteiger charge is -1.95. The van der Waals surface area contributed by atoms with Crippen LogP contribution in [-0.2, 0) is 29.5 Å². The quantitative estimate of drug-likeness (QED) is 0.727. The number of hydrogen-bond donors (Lipinski definition) is 0. The van der Waals surface area contributed by atoms with Crippen LogP contribution in [0.5, 0.6) is 0 Å². The van der Waals surface area contributed by atoms with Gasteiger partial charge in [0.2, 0.25) is 14.2 Å². The highest BCUT2D eigenvalue weighted by molar-refractivity contribution is 7.96. The molecule has 0 aliphatic heterocycles. The van der Waals surface area contributed by atoms with Gasteiger partial charge >= 0.3 is 0 Å². The summed E-state index contributed by atoms with van der Waals surface area (Å²) in [6, 6.07) is 0. The van der Waals surface area contributed by atoms with Crippen LogP contribution in [0.3, 0.4) is 0 Å². The molecule has 11 heteroatoms. The Morgan fingerprint density at radius 2 is 1.29 bits per heavy atom. The summed E-state index contributed by atoms with van der Waals surface area (Å²) in [5.74, 6) is 0. The normalized spacial score (nSPS) is 13.8. The van der Waals surface area contributed by atoms with Crippen molar-refractivity contribution in [2.45, 2.75) is 13.6 Å². The van der Waals surface area contributed by atoms with Crippen LogP contribution in [0.2, 0.25) is 0 Å². The van der Waals surface area contributed by atoms with Gasteiger partial charge in [-0.25, -0.2) is 30.2 Å². The minimum absolute atomic E-state index is 0.334. The van der Waals surface area contributed by atoms with E-state index >= 15 is 0 Å². The van der Waals surface area contributed by atoms with Crippen molar-refractivity contribution in [2.24, 2.45) is 0 Å². The smallest absolute Gasteiger partial charge is 0.211 e. The largest absolute Gasteiger partial charge is 0.223 e. The van der Waals surface area contributed by atoms with Crippen molar-refractivity contribution in [2.75, 3.05) is 18.8 Å². The Kier molecular flexibility index (Phi) is 3.42. The number of nitrogens with zero attached hydrogens (tertiary/aromatic N) is 1. The van der Waals surface area contributed by atoms with Gasteiger partial charge in [-0.1, -0.05) is 11.3 Å². The fourth-order valence-electron chi connectivity index (χ4n) is 0.902. The first-order valence-electron chi connectivity index (χ1n) is 3.94. The summed E-state index contributed by atoms with van der Waals surface area (Å²) in [6.45, 7) is 0. The van der Waals surface area contributed by atoms with E-state index in [0.29, 0.717) is 11.3 Å². The maximum absolute atomic E-state index is 11.4. The molecule has 1 rings (SSSR count). The summed E-state index contributed by atoms with van der Waals surface area (Å²) in [5, 5.41) is -0.717. The van der Waals surface area contributed by atoms with Gasteiger partial charge in [0, 0.05) is 18.8 Å². The van der Waals surface area contributed by atoms with Crippen molar-refractivity contribution in [1.82, 2.24) is 4.98 Å². The van der Waals surface area contributed by atoms with E-state index in [2.05, 4.69) is 4.98 Å². The van der Waals surface area contributed by atoms with E-state index in [1.807, 2.05) is 0 Å². The molecule has 0 aliphatic carbocycles. The Labute approximate surface area is 103 Å². The molecule has 17 heavy (non-hydrogen) atoms. The second-order valence-corrected chi connectivity index (χ2v) is 10.7. The predicted octanol–water partition coefficient (Wildman–Crippen LogP) is -0.646. The predicted molar refractivity (Wildman–Crippen MR) is 61.4 cm³/mol. The molecule has 0 unspecified atom stereocenters. The van der Waals surface area contributed by atoms with E-state index < -0.39 is 43.1 Å². The van der Waals surface area contributed by atoms with Crippen LogP contribution >= 0.6 is 11.3 Å². The fourth-order valence-corrected chi connectivity index (χ4v) is 5.97. The van der Waals surface area contributed by atoms with Gasteiger partial charge in [0.15, 0.2) is 28.9 Å². The molecule has 0 radical (unpaired) electrons. The fraction of sp³-hybridized carbons (Fsp3) is 0.500. The van der Waals surface area contributed by atoms with E-state index in [1.54, 1.807) is 0 Å². The highest BCUT2D eigenvalue weighted by Crippen LogP contribution is 2.29. The molecule has 98 valence electrons. The van der Waals surface area contributed by atoms with Crippen LogP contribution in [0.4, 0.5) is 0 Å². The molecular formula is C6H9NO6S4. The molecule has 0 fully saturated rings. The Bertz CT molecular complexity index is 702. The van der Waals surface area contributed by atoms with E-state index in [4.69, 9.17) is 0 Å². The average Bonchev–Trinajstić information content (AvgIpc) is 2.42. The molecule has 0 aliphatic rings. The minimum atomic E-state index is -3.90. The molecule has 0 bridgehead atoms. The van der Waals surface area contributed by atoms with Crippen LogP contribution < -0.4 is 0 Å². The molecule has 0 N–H and O–H groups in total. The van der Waals surface area contributed by atoms with Crippen LogP contribution in [0.25, 0.3) is 0 Å². The molecule has 0 spiro atoms. The first-order chi connectivity index (χ1) is 7.33. The van der Waals surface area contributed by atoms with Crippen molar-refractivity contribution in [3.8, 4) is 0 Å². The maximum Gasteiger partial charge on any atom is 0.211 e. The van der Waals surface area contributed by atoms with E-state index in [9.17, 15) is 25.3 Å². The molecular weight excluding hydrogens is 310 g/mol. The van der Waals surface area contributed by atoms with Crippen molar-refractivity contribution in [1.29, 1.82) is 0 Å². The zero-order chi connectivity index (χ0) is 13.6. The summed E-state index contributed by atoms with van der Waals surface area (Å²) in [6.07, 6.45) is 2.38. The number of hydrogen-bond acceptors (Lipinski definition) is 8. The van der Waals surface area contributed by atoms with Gasteiger partial charge < -0.3 is 0 Å². The molecule has 0 aromatic carbocycles. The Morgan fingerprint density at radius 1 is 0.824 bits per heavy atom. The number of rotatable bonds is 3. The van der Waals surface area contributed by atoms with Crippen molar-refractivity contribution >= 4 is 40.8 Å². The van der Waals surface area contributed by atoms with Gasteiger partial charge in [-0.15, -0.1) is 0 Å². The molecule has 0 saturated heterocycles. The topological polar surface area (TPSA) is 115 Å². The summed E-state index contributed by atoms with van der Waals surface area (Å²) < 4.78 is 66.7. The Balaban J connectivity index is 3.79. The van der Waals surface area contributed by atoms with E-state index in [0.717, 1.165) is 18.8 Å². The summed E-state index contributed by atoms with van der Waals surface area (Å²) >= 11 is 0.334. The summed E-state index contributed by atoms with van der Waals surface area (Å²) in [7, 11) is -11.5. The van der Waals surface area contributed by atoms with Gasteiger partial charge in [-0.05, 0) is 0 Å². The second kappa shape index (κ2) is 4.00. The highest BCUT2D eigenvalue weighted by Gasteiger charge is 2.29. The minimum Gasteiger partial charge on any atom is -0.223 e. The molecule has 7 nitrogen and oxygen atoms in total. The molecule has 0 saturated carbocycles. The van der Waals surface area contributed by atoms with Crippen LogP contribution in [0.15, 0.2) is 13.6 Å². The number of sulfone groups is 3. The Hall–Kier alpha value is -0.520. The zero-order valence-corrected chi connectivity index (χ0v) is 12.3. The molecule has 0 amide bonds. The SMILES string of the molecule is CS(=O)(=O)c1nc(S(C)(=O)=O)c(S(C)(=O)=O)s1. The van der Waals surface area contributed by atoms with Gasteiger partial charge in [-0.2, -0.15) is 0 Å². The Morgan fingerprint density at radius 3 is 1.53 bits per heavy atom. The lowest BCUT2D eigenvalue weighted by atomic mass is 11.0. The summed E-state index contributed by atoms with van der Waals surface area (Å²) in [4.78, 5) is 3.38. The third kappa shape index (κ3) is 3.24.